The fraction of sp³-hybridized carbons (Fsp3) is 0.652. The standard InChI is InChI=1S/C23H34ClN3O3/c1-15-7-10-19(20(21(15)24)16(2)27(17(3)28)18-8-9-18)25-11-13-26(14-12-25)22(29)30-23(4,5)6/h7,10,16,18H,8-9,11-14H2,1-6H3. The fourth-order valence-electron chi connectivity index (χ4n) is 4.16. The minimum Gasteiger partial charge on any atom is -0.444 e. The molecule has 0 spiro atoms. The Kier molecular flexibility index (Phi) is 6.56. The number of rotatable bonds is 4. The Morgan fingerprint density at radius 2 is 1.77 bits per heavy atom. The highest BCUT2D eigenvalue weighted by atomic mass is 35.5. The lowest BCUT2D eigenvalue weighted by atomic mass is 9.99. The zero-order valence-corrected chi connectivity index (χ0v) is 19.8. The third kappa shape index (κ3) is 5.02. The van der Waals surface area contributed by atoms with Gasteiger partial charge in [0.2, 0.25) is 5.91 Å². The summed E-state index contributed by atoms with van der Waals surface area (Å²) in [5.74, 6) is 0.0864. The summed E-state index contributed by atoms with van der Waals surface area (Å²) in [6, 6.07) is 4.34. The normalized spacial score (nSPS) is 18.2. The molecule has 0 N–H and O–H groups in total. The molecule has 1 aliphatic carbocycles. The highest BCUT2D eigenvalue weighted by Crippen LogP contribution is 2.42. The van der Waals surface area contributed by atoms with Crippen molar-refractivity contribution >= 4 is 29.3 Å². The molecule has 3 rings (SSSR count). The maximum Gasteiger partial charge on any atom is 0.410 e. The van der Waals surface area contributed by atoms with Crippen molar-refractivity contribution in [3.05, 3.63) is 28.3 Å². The largest absolute Gasteiger partial charge is 0.444 e. The number of carbonyl (C=O) groups is 2. The highest BCUT2D eigenvalue weighted by molar-refractivity contribution is 6.32. The molecule has 166 valence electrons. The van der Waals surface area contributed by atoms with Gasteiger partial charge in [0.25, 0.3) is 0 Å². The van der Waals surface area contributed by atoms with Crippen molar-refractivity contribution in [3.8, 4) is 0 Å². The molecule has 1 aliphatic heterocycles. The first-order chi connectivity index (χ1) is 14.0. The molecule has 2 aliphatic rings. The van der Waals surface area contributed by atoms with Gasteiger partial charge < -0.3 is 19.4 Å². The number of halogens is 1. The molecule has 0 radical (unpaired) electrons. The van der Waals surface area contributed by atoms with Crippen LogP contribution >= 0.6 is 11.6 Å². The van der Waals surface area contributed by atoms with Crippen LogP contribution in [0.2, 0.25) is 5.02 Å². The van der Waals surface area contributed by atoms with Crippen LogP contribution in [0.15, 0.2) is 12.1 Å². The van der Waals surface area contributed by atoms with Gasteiger partial charge in [0.15, 0.2) is 0 Å². The molecule has 1 atom stereocenters. The summed E-state index contributed by atoms with van der Waals surface area (Å²) >= 11 is 6.79. The lowest BCUT2D eigenvalue weighted by Gasteiger charge is -2.39. The number of piperazine rings is 1. The van der Waals surface area contributed by atoms with Crippen molar-refractivity contribution in [2.24, 2.45) is 0 Å². The van der Waals surface area contributed by atoms with Crippen molar-refractivity contribution in [2.45, 2.75) is 72.1 Å². The molecule has 1 unspecified atom stereocenters. The number of hydrogen-bond acceptors (Lipinski definition) is 4. The average molecular weight is 436 g/mol. The summed E-state index contributed by atoms with van der Waals surface area (Å²) in [4.78, 5) is 30.8. The Hall–Kier alpha value is -1.95. The first kappa shape index (κ1) is 22.7. The summed E-state index contributed by atoms with van der Waals surface area (Å²) in [6.07, 6.45) is 1.84. The summed E-state index contributed by atoms with van der Waals surface area (Å²) in [7, 11) is 0. The Morgan fingerprint density at radius 3 is 2.27 bits per heavy atom. The Labute approximate surface area is 185 Å². The molecule has 1 aromatic carbocycles. The van der Waals surface area contributed by atoms with Crippen LogP contribution in [0.3, 0.4) is 0 Å². The van der Waals surface area contributed by atoms with Gasteiger partial charge in [-0.05, 0) is 59.1 Å². The van der Waals surface area contributed by atoms with Crippen LogP contribution in [0.1, 0.15) is 64.6 Å². The van der Waals surface area contributed by atoms with Gasteiger partial charge in [0.05, 0.1) is 11.1 Å². The maximum atomic E-state index is 12.4. The fourth-order valence-corrected chi connectivity index (χ4v) is 4.48. The number of hydrogen-bond donors (Lipinski definition) is 0. The second kappa shape index (κ2) is 8.66. The van der Waals surface area contributed by atoms with Crippen molar-refractivity contribution in [1.82, 2.24) is 9.80 Å². The molecule has 30 heavy (non-hydrogen) atoms. The molecular weight excluding hydrogens is 402 g/mol. The number of amides is 2. The van der Waals surface area contributed by atoms with E-state index in [9.17, 15) is 9.59 Å². The van der Waals surface area contributed by atoms with Crippen LogP contribution < -0.4 is 4.90 Å². The van der Waals surface area contributed by atoms with Gasteiger partial charge in [-0.1, -0.05) is 17.7 Å². The lowest BCUT2D eigenvalue weighted by Crippen LogP contribution is -2.50. The number of nitrogens with zero attached hydrogens (tertiary/aromatic N) is 3. The van der Waals surface area contributed by atoms with Gasteiger partial charge in [0, 0.05) is 50.4 Å². The Balaban J connectivity index is 1.81. The summed E-state index contributed by atoms with van der Waals surface area (Å²) in [5, 5.41) is 0.724. The van der Waals surface area contributed by atoms with Crippen LogP contribution in [0, 0.1) is 6.92 Å². The van der Waals surface area contributed by atoms with E-state index in [-0.39, 0.29) is 18.0 Å². The first-order valence-corrected chi connectivity index (χ1v) is 11.2. The van der Waals surface area contributed by atoms with E-state index in [0.717, 1.165) is 34.7 Å². The van der Waals surface area contributed by atoms with Gasteiger partial charge in [-0.2, -0.15) is 0 Å². The number of benzene rings is 1. The molecule has 1 heterocycles. The average Bonchev–Trinajstić information content (AvgIpc) is 3.47. The smallest absolute Gasteiger partial charge is 0.410 e. The molecule has 2 amide bonds. The minimum atomic E-state index is -0.500. The molecule has 1 aromatic rings. The first-order valence-electron chi connectivity index (χ1n) is 10.8. The SMILES string of the molecule is CC(=O)N(C1CC1)C(C)c1c(N2CCN(C(=O)OC(C)(C)C)CC2)ccc(C)c1Cl. The second-order valence-corrected chi connectivity index (χ2v) is 9.80. The molecule has 6 nitrogen and oxygen atoms in total. The van der Waals surface area contributed by atoms with Gasteiger partial charge in [-0.25, -0.2) is 4.79 Å². The van der Waals surface area contributed by atoms with Crippen molar-refractivity contribution < 1.29 is 14.3 Å². The zero-order chi connectivity index (χ0) is 22.2. The third-order valence-corrected chi connectivity index (χ3v) is 6.26. The van der Waals surface area contributed by atoms with Crippen LogP contribution in [0.5, 0.6) is 0 Å². The van der Waals surface area contributed by atoms with Gasteiger partial charge in [-0.15, -0.1) is 0 Å². The van der Waals surface area contributed by atoms with E-state index >= 15 is 0 Å². The quantitative estimate of drug-likeness (QED) is 0.683. The number of aryl methyl sites for hydroxylation is 1. The van der Waals surface area contributed by atoms with E-state index in [1.54, 1.807) is 11.8 Å². The summed E-state index contributed by atoms with van der Waals surface area (Å²) in [5.41, 5.74) is 2.56. The monoisotopic (exact) mass is 435 g/mol. The van der Waals surface area contributed by atoms with Gasteiger partial charge >= 0.3 is 6.09 Å². The topological polar surface area (TPSA) is 53.1 Å². The molecular formula is C23H34ClN3O3. The Bertz CT molecular complexity index is 809. The van der Waals surface area contributed by atoms with E-state index in [1.807, 2.05) is 38.7 Å². The number of anilines is 1. The van der Waals surface area contributed by atoms with E-state index < -0.39 is 5.60 Å². The van der Waals surface area contributed by atoms with Crippen molar-refractivity contribution in [1.29, 1.82) is 0 Å². The van der Waals surface area contributed by atoms with Crippen LogP contribution in [-0.4, -0.2) is 59.6 Å². The van der Waals surface area contributed by atoms with Crippen LogP contribution in [0.4, 0.5) is 10.5 Å². The molecule has 7 heteroatoms. The van der Waals surface area contributed by atoms with E-state index in [1.165, 1.54) is 0 Å². The molecule has 1 saturated carbocycles. The third-order valence-electron chi connectivity index (χ3n) is 5.76. The van der Waals surface area contributed by atoms with Gasteiger partial charge in [0.1, 0.15) is 5.60 Å². The number of carbonyl (C=O) groups excluding carboxylic acids is 2. The molecule has 2 fully saturated rings. The molecule has 0 bridgehead atoms. The van der Waals surface area contributed by atoms with E-state index in [4.69, 9.17) is 16.3 Å². The molecule has 0 aromatic heterocycles. The van der Waals surface area contributed by atoms with Crippen molar-refractivity contribution in [3.63, 3.8) is 0 Å². The maximum absolute atomic E-state index is 12.4. The highest BCUT2D eigenvalue weighted by Gasteiger charge is 2.37. The van der Waals surface area contributed by atoms with E-state index in [2.05, 4.69) is 17.9 Å². The van der Waals surface area contributed by atoms with Crippen LogP contribution in [-0.2, 0) is 9.53 Å². The minimum absolute atomic E-state index is 0.0864. The zero-order valence-electron chi connectivity index (χ0n) is 19.0. The Morgan fingerprint density at radius 1 is 1.17 bits per heavy atom. The van der Waals surface area contributed by atoms with Gasteiger partial charge in [-0.3, -0.25) is 4.79 Å². The molecule has 1 saturated heterocycles. The van der Waals surface area contributed by atoms with Crippen LogP contribution in [0.25, 0.3) is 0 Å². The lowest BCUT2D eigenvalue weighted by molar-refractivity contribution is -0.131. The van der Waals surface area contributed by atoms with E-state index in [0.29, 0.717) is 32.2 Å². The second-order valence-electron chi connectivity index (χ2n) is 9.42. The van der Waals surface area contributed by atoms with Crippen molar-refractivity contribution in [2.75, 3.05) is 31.1 Å². The summed E-state index contributed by atoms with van der Waals surface area (Å²) < 4.78 is 5.51. The predicted octanol–water partition coefficient (Wildman–Crippen LogP) is 4.78. The number of ether oxygens (including phenoxy) is 1. The summed E-state index contributed by atoms with van der Waals surface area (Å²) in [6.45, 7) is 13.9. The predicted molar refractivity (Wildman–Crippen MR) is 120 cm³/mol.